The van der Waals surface area contributed by atoms with Crippen molar-refractivity contribution >= 4 is 5.76 Å². The van der Waals surface area contributed by atoms with Gasteiger partial charge in [0, 0.05) is 0 Å². The summed E-state index contributed by atoms with van der Waals surface area (Å²) in [5, 5.41) is 0. The second-order valence-electron chi connectivity index (χ2n) is 3.39. The van der Waals surface area contributed by atoms with E-state index in [9.17, 15) is 8.78 Å². The minimum Gasteiger partial charge on any atom is -0.495 e. The van der Waals surface area contributed by atoms with Crippen molar-refractivity contribution in [2.75, 3.05) is 7.11 Å². The quantitative estimate of drug-likeness (QED) is 0.716. The second kappa shape index (κ2) is 3.96. The molecule has 0 aliphatic heterocycles. The standard InChI is InChI=1S/C11H11F2NO/c1-15-10(7-5-6-7)8-3-2-4-9(14-8)11(12)13/h2-4,11H,5-6H2,1H3. The van der Waals surface area contributed by atoms with E-state index in [1.54, 1.807) is 12.1 Å². The van der Waals surface area contributed by atoms with Gasteiger partial charge in [0.15, 0.2) is 0 Å². The molecule has 0 saturated heterocycles. The fraction of sp³-hybridized carbons (Fsp3) is 0.364. The van der Waals surface area contributed by atoms with Crippen LogP contribution < -0.4 is 0 Å². The molecule has 1 aromatic rings. The zero-order chi connectivity index (χ0) is 10.8. The Morgan fingerprint density at radius 1 is 1.40 bits per heavy atom. The van der Waals surface area contributed by atoms with Crippen molar-refractivity contribution in [3.05, 3.63) is 35.2 Å². The molecule has 80 valence electrons. The molecule has 1 fully saturated rings. The van der Waals surface area contributed by atoms with E-state index in [1.165, 1.54) is 13.2 Å². The number of ether oxygens (including phenoxy) is 1. The highest BCUT2D eigenvalue weighted by Crippen LogP contribution is 2.36. The topological polar surface area (TPSA) is 22.1 Å². The zero-order valence-corrected chi connectivity index (χ0v) is 8.34. The Bertz CT molecular complexity index is 395. The summed E-state index contributed by atoms with van der Waals surface area (Å²) in [5.74, 6) is 0.650. The Balaban J connectivity index is 2.36. The SMILES string of the molecule is COC(=C1CC1)c1cccc(C(F)F)n1. The average Bonchev–Trinajstić information content (AvgIpc) is 3.04. The molecule has 4 heteroatoms. The predicted octanol–water partition coefficient (Wildman–Crippen LogP) is 3.17. The number of halogens is 2. The third-order valence-corrected chi connectivity index (χ3v) is 2.25. The number of rotatable bonds is 3. The Morgan fingerprint density at radius 3 is 2.67 bits per heavy atom. The van der Waals surface area contributed by atoms with Crippen LogP contribution in [0.2, 0.25) is 0 Å². The van der Waals surface area contributed by atoms with E-state index in [4.69, 9.17) is 4.74 Å². The highest BCUT2D eigenvalue weighted by atomic mass is 19.3. The average molecular weight is 211 g/mol. The number of pyridine rings is 1. The zero-order valence-electron chi connectivity index (χ0n) is 8.34. The first-order valence-corrected chi connectivity index (χ1v) is 4.74. The van der Waals surface area contributed by atoms with Gasteiger partial charge in [0.25, 0.3) is 6.43 Å². The number of methoxy groups -OCH3 is 1. The van der Waals surface area contributed by atoms with Gasteiger partial charge in [-0.1, -0.05) is 6.07 Å². The molecule has 0 atom stereocenters. The second-order valence-corrected chi connectivity index (χ2v) is 3.39. The Kier molecular flexibility index (Phi) is 2.66. The van der Waals surface area contributed by atoms with Crippen LogP contribution in [0.1, 0.15) is 30.7 Å². The molecule has 2 nitrogen and oxygen atoms in total. The lowest BCUT2D eigenvalue weighted by atomic mass is 10.2. The van der Waals surface area contributed by atoms with E-state index in [1.807, 2.05) is 0 Å². The van der Waals surface area contributed by atoms with Gasteiger partial charge < -0.3 is 4.74 Å². The third kappa shape index (κ3) is 2.14. The van der Waals surface area contributed by atoms with Crippen LogP contribution in [0.15, 0.2) is 23.8 Å². The summed E-state index contributed by atoms with van der Waals surface area (Å²) in [6.07, 6.45) is -0.583. The minimum atomic E-state index is -2.53. The lowest BCUT2D eigenvalue weighted by Crippen LogP contribution is -1.96. The van der Waals surface area contributed by atoms with Gasteiger partial charge in [0.05, 0.1) is 7.11 Å². The smallest absolute Gasteiger partial charge is 0.280 e. The van der Waals surface area contributed by atoms with E-state index in [2.05, 4.69) is 4.98 Å². The summed E-state index contributed by atoms with van der Waals surface area (Å²) in [6.45, 7) is 0. The van der Waals surface area contributed by atoms with Crippen LogP contribution >= 0.6 is 0 Å². The number of allylic oxidation sites excluding steroid dienone is 1. The Labute approximate surface area is 86.6 Å². The Hall–Kier alpha value is -1.45. The van der Waals surface area contributed by atoms with E-state index in [0.29, 0.717) is 11.5 Å². The molecule has 0 unspecified atom stereocenters. The maximum absolute atomic E-state index is 12.4. The molecule has 2 rings (SSSR count). The largest absolute Gasteiger partial charge is 0.495 e. The first-order valence-electron chi connectivity index (χ1n) is 4.74. The molecule has 1 aliphatic carbocycles. The molecule has 0 radical (unpaired) electrons. The fourth-order valence-electron chi connectivity index (χ4n) is 1.42. The predicted molar refractivity (Wildman–Crippen MR) is 52.4 cm³/mol. The van der Waals surface area contributed by atoms with Crippen LogP contribution in [0, 0.1) is 0 Å². The van der Waals surface area contributed by atoms with E-state index in [0.717, 1.165) is 18.4 Å². The van der Waals surface area contributed by atoms with Crippen molar-refractivity contribution in [3.8, 4) is 0 Å². The van der Waals surface area contributed by atoms with Crippen molar-refractivity contribution in [2.24, 2.45) is 0 Å². The maximum atomic E-state index is 12.4. The molecule has 0 bridgehead atoms. The normalized spacial score (nSPS) is 14.3. The first kappa shape index (κ1) is 10.1. The number of aromatic nitrogens is 1. The van der Waals surface area contributed by atoms with Crippen molar-refractivity contribution in [1.82, 2.24) is 4.98 Å². The Morgan fingerprint density at radius 2 is 2.13 bits per heavy atom. The maximum Gasteiger partial charge on any atom is 0.280 e. The van der Waals surface area contributed by atoms with Gasteiger partial charge in [-0.2, -0.15) is 0 Å². The fourth-order valence-corrected chi connectivity index (χ4v) is 1.42. The summed E-state index contributed by atoms with van der Waals surface area (Å²) in [7, 11) is 1.54. The number of hydrogen-bond acceptors (Lipinski definition) is 2. The molecular formula is C11H11F2NO. The lowest BCUT2D eigenvalue weighted by molar-refractivity contribution is 0.146. The lowest BCUT2D eigenvalue weighted by Gasteiger charge is -2.06. The van der Waals surface area contributed by atoms with Gasteiger partial charge in [-0.05, 0) is 30.5 Å². The van der Waals surface area contributed by atoms with E-state index in [-0.39, 0.29) is 5.69 Å². The van der Waals surface area contributed by atoms with Crippen LogP contribution in [0.5, 0.6) is 0 Å². The van der Waals surface area contributed by atoms with E-state index >= 15 is 0 Å². The van der Waals surface area contributed by atoms with Crippen LogP contribution in [-0.2, 0) is 4.74 Å². The summed E-state index contributed by atoms with van der Waals surface area (Å²) in [6, 6.07) is 4.58. The van der Waals surface area contributed by atoms with Gasteiger partial charge in [0.1, 0.15) is 17.1 Å². The van der Waals surface area contributed by atoms with Gasteiger partial charge in [-0.15, -0.1) is 0 Å². The van der Waals surface area contributed by atoms with Crippen LogP contribution in [-0.4, -0.2) is 12.1 Å². The molecule has 0 amide bonds. The molecule has 1 aromatic heterocycles. The van der Waals surface area contributed by atoms with Crippen LogP contribution in [0.4, 0.5) is 8.78 Å². The van der Waals surface area contributed by atoms with Crippen LogP contribution in [0.25, 0.3) is 5.76 Å². The molecule has 0 spiro atoms. The van der Waals surface area contributed by atoms with Crippen LogP contribution in [0.3, 0.4) is 0 Å². The monoisotopic (exact) mass is 211 g/mol. The molecule has 1 saturated carbocycles. The van der Waals surface area contributed by atoms with Crippen molar-refractivity contribution in [3.63, 3.8) is 0 Å². The minimum absolute atomic E-state index is 0.205. The summed E-state index contributed by atoms with van der Waals surface area (Å²) in [4.78, 5) is 3.87. The van der Waals surface area contributed by atoms with E-state index < -0.39 is 6.43 Å². The summed E-state index contributed by atoms with van der Waals surface area (Å²) in [5.41, 5.74) is 1.45. The molecular weight excluding hydrogens is 200 g/mol. The third-order valence-electron chi connectivity index (χ3n) is 2.25. The number of hydrogen-bond donors (Lipinski definition) is 0. The summed E-state index contributed by atoms with van der Waals surface area (Å²) >= 11 is 0. The van der Waals surface area contributed by atoms with Gasteiger partial charge in [-0.3, -0.25) is 0 Å². The number of alkyl halides is 2. The van der Waals surface area contributed by atoms with Crippen molar-refractivity contribution in [2.45, 2.75) is 19.3 Å². The first-order chi connectivity index (χ1) is 7.22. The molecule has 0 aromatic carbocycles. The number of nitrogens with zero attached hydrogens (tertiary/aromatic N) is 1. The van der Waals surface area contributed by atoms with Gasteiger partial charge >= 0.3 is 0 Å². The van der Waals surface area contributed by atoms with Crippen molar-refractivity contribution < 1.29 is 13.5 Å². The highest BCUT2D eigenvalue weighted by Gasteiger charge is 2.21. The molecule has 1 heterocycles. The highest BCUT2D eigenvalue weighted by molar-refractivity contribution is 5.63. The summed E-state index contributed by atoms with van der Waals surface area (Å²) < 4.78 is 30.0. The molecule has 15 heavy (non-hydrogen) atoms. The van der Waals surface area contributed by atoms with Gasteiger partial charge in [-0.25, -0.2) is 13.8 Å². The molecule has 0 N–H and O–H groups in total. The van der Waals surface area contributed by atoms with Gasteiger partial charge in [0.2, 0.25) is 0 Å². The van der Waals surface area contributed by atoms with Crippen molar-refractivity contribution in [1.29, 1.82) is 0 Å². The molecule has 1 aliphatic rings.